The molecule has 1 fully saturated rings. The van der Waals surface area contributed by atoms with E-state index in [9.17, 15) is 9.32 Å². The van der Waals surface area contributed by atoms with Crippen LogP contribution < -0.4 is 5.32 Å². The zero-order valence-electron chi connectivity index (χ0n) is 8.16. The molecule has 4 heteroatoms. The SMILES string of the molecule is CCCS(=O)CC(O)CNC1CC1. The molecule has 1 saturated carbocycles. The average molecular weight is 205 g/mol. The third kappa shape index (κ3) is 5.39. The Labute approximate surface area is 82.4 Å². The minimum atomic E-state index is -0.834. The lowest BCUT2D eigenvalue weighted by atomic mass is 10.4. The van der Waals surface area contributed by atoms with Gasteiger partial charge in [0, 0.05) is 29.1 Å². The molecule has 0 saturated heterocycles. The molecule has 13 heavy (non-hydrogen) atoms. The molecule has 0 aliphatic heterocycles. The molecule has 0 radical (unpaired) electrons. The van der Waals surface area contributed by atoms with Gasteiger partial charge in [-0.2, -0.15) is 0 Å². The lowest BCUT2D eigenvalue weighted by molar-refractivity contribution is 0.194. The highest BCUT2D eigenvalue weighted by Gasteiger charge is 2.21. The minimum absolute atomic E-state index is 0.424. The first kappa shape index (κ1) is 11.1. The summed E-state index contributed by atoms with van der Waals surface area (Å²) in [6.45, 7) is 2.60. The van der Waals surface area contributed by atoms with Crippen molar-refractivity contribution >= 4 is 10.8 Å². The van der Waals surface area contributed by atoms with Gasteiger partial charge in [-0.25, -0.2) is 0 Å². The standard InChI is InChI=1S/C9H19NO2S/c1-2-5-13(12)7-9(11)6-10-8-3-4-8/h8-11H,2-7H2,1H3. The summed E-state index contributed by atoms with van der Waals surface area (Å²) < 4.78 is 11.2. The summed E-state index contributed by atoms with van der Waals surface area (Å²) in [6.07, 6.45) is 2.94. The quantitative estimate of drug-likeness (QED) is 0.627. The number of hydrogen-bond donors (Lipinski definition) is 2. The van der Waals surface area contributed by atoms with Gasteiger partial charge in [0.1, 0.15) is 0 Å². The van der Waals surface area contributed by atoms with Crippen LogP contribution in [0, 0.1) is 0 Å². The normalized spacial score (nSPS) is 21.4. The summed E-state index contributed by atoms with van der Waals surface area (Å²) in [4.78, 5) is 0. The van der Waals surface area contributed by atoms with Gasteiger partial charge in [-0.15, -0.1) is 0 Å². The van der Waals surface area contributed by atoms with Crippen LogP contribution in [0.2, 0.25) is 0 Å². The van der Waals surface area contributed by atoms with Crippen molar-refractivity contribution in [1.82, 2.24) is 5.32 Å². The highest BCUT2D eigenvalue weighted by molar-refractivity contribution is 7.85. The van der Waals surface area contributed by atoms with E-state index in [4.69, 9.17) is 0 Å². The van der Waals surface area contributed by atoms with Crippen molar-refractivity contribution in [3.05, 3.63) is 0 Å². The van der Waals surface area contributed by atoms with Crippen molar-refractivity contribution in [2.24, 2.45) is 0 Å². The van der Waals surface area contributed by atoms with Crippen LogP contribution in [0.3, 0.4) is 0 Å². The Morgan fingerprint density at radius 3 is 2.85 bits per heavy atom. The molecule has 3 nitrogen and oxygen atoms in total. The van der Waals surface area contributed by atoms with E-state index in [2.05, 4.69) is 5.32 Å². The number of rotatable bonds is 7. The van der Waals surface area contributed by atoms with Crippen molar-refractivity contribution in [2.45, 2.75) is 38.3 Å². The van der Waals surface area contributed by atoms with Crippen LogP contribution in [0.1, 0.15) is 26.2 Å². The van der Waals surface area contributed by atoms with Gasteiger partial charge in [0.25, 0.3) is 0 Å². The molecule has 2 N–H and O–H groups in total. The second-order valence-electron chi connectivity index (χ2n) is 3.65. The highest BCUT2D eigenvalue weighted by Crippen LogP contribution is 2.18. The Balaban J connectivity index is 2.01. The van der Waals surface area contributed by atoms with E-state index in [0.717, 1.165) is 6.42 Å². The molecule has 2 unspecified atom stereocenters. The average Bonchev–Trinajstić information content (AvgIpc) is 2.84. The molecule has 2 atom stereocenters. The maximum atomic E-state index is 11.2. The predicted molar refractivity (Wildman–Crippen MR) is 55.2 cm³/mol. The van der Waals surface area contributed by atoms with Crippen molar-refractivity contribution in [1.29, 1.82) is 0 Å². The van der Waals surface area contributed by atoms with E-state index in [0.29, 0.717) is 24.1 Å². The zero-order chi connectivity index (χ0) is 9.68. The van der Waals surface area contributed by atoms with E-state index >= 15 is 0 Å². The van der Waals surface area contributed by atoms with Crippen molar-refractivity contribution < 1.29 is 9.32 Å². The van der Waals surface area contributed by atoms with E-state index in [-0.39, 0.29) is 0 Å². The van der Waals surface area contributed by atoms with E-state index in [1.165, 1.54) is 12.8 Å². The fraction of sp³-hybridized carbons (Fsp3) is 1.00. The molecule has 0 aromatic rings. The van der Waals surface area contributed by atoms with Gasteiger partial charge in [0.05, 0.1) is 11.9 Å². The molecule has 1 aliphatic rings. The van der Waals surface area contributed by atoms with Crippen LogP contribution in [-0.4, -0.2) is 39.5 Å². The smallest absolute Gasteiger partial charge is 0.0779 e. The van der Waals surface area contributed by atoms with Gasteiger partial charge >= 0.3 is 0 Å². The van der Waals surface area contributed by atoms with Crippen LogP contribution in [0.5, 0.6) is 0 Å². The Kier molecular flexibility index (Phi) is 4.91. The largest absolute Gasteiger partial charge is 0.391 e. The lowest BCUT2D eigenvalue weighted by Gasteiger charge is -2.10. The maximum absolute atomic E-state index is 11.2. The van der Waals surface area contributed by atoms with Crippen LogP contribution in [0.25, 0.3) is 0 Å². The fourth-order valence-electron chi connectivity index (χ4n) is 1.17. The number of aliphatic hydroxyl groups is 1. The zero-order valence-corrected chi connectivity index (χ0v) is 8.98. The first-order valence-electron chi connectivity index (χ1n) is 4.98. The van der Waals surface area contributed by atoms with Crippen LogP contribution in [-0.2, 0) is 10.8 Å². The molecule has 0 aromatic heterocycles. The number of hydrogen-bond acceptors (Lipinski definition) is 3. The monoisotopic (exact) mass is 205 g/mol. The van der Waals surface area contributed by atoms with E-state index < -0.39 is 16.9 Å². The molecule has 1 rings (SSSR count). The topological polar surface area (TPSA) is 49.3 Å². The molecule has 0 aromatic carbocycles. The van der Waals surface area contributed by atoms with Gasteiger partial charge in [0.15, 0.2) is 0 Å². The van der Waals surface area contributed by atoms with E-state index in [1.807, 2.05) is 6.92 Å². The second-order valence-corrected chi connectivity index (χ2v) is 5.27. The summed E-state index contributed by atoms with van der Waals surface area (Å²) in [5, 5.41) is 12.7. The number of aliphatic hydroxyl groups excluding tert-OH is 1. The molecule has 0 spiro atoms. The summed E-state index contributed by atoms with van der Waals surface area (Å²) in [7, 11) is -0.834. The van der Waals surface area contributed by atoms with Crippen molar-refractivity contribution in [3.63, 3.8) is 0 Å². The molecule has 0 bridgehead atoms. The van der Waals surface area contributed by atoms with Gasteiger partial charge in [-0.05, 0) is 19.3 Å². The van der Waals surface area contributed by atoms with Gasteiger partial charge < -0.3 is 10.4 Å². The molecule has 0 amide bonds. The fourth-order valence-corrected chi connectivity index (χ4v) is 2.34. The summed E-state index contributed by atoms with van der Waals surface area (Å²) >= 11 is 0. The summed E-state index contributed by atoms with van der Waals surface area (Å²) in [5.74, 6) is 1.13. The predicted octanol–water partition coefficient (Wildman–Crippen LogP) is 0.258. The third-order valence-electron chi connectivity index (χ3n) is 2.03. The Bertz CT molecular complexity index is 171. The van der Waals surface area contributed by atoms with Crippen LogP contribution >= 0.6 is 0 Å². The molecular weight excluding hydrogens is 186 g/mol. The molecule has 78 valence electrons. The Hall–Kier alpha value is 0.0700. The first-order chi connectivity index (χ1) is 6.22. The highest BCUT2D eigenvalue weighted by atomic mass is 32.2. The molecule has 0 heterocycles. The summed E-state index contributed by atoms with van der Waals surface area (Å²) in [6, 6.07) is 0.620. The van der Waals surface area contributed by atoms with Gasteiger partial charge in [-0.3, -0.25) is 4.21 Å². The Morgan fingerprint density at radius 2 is 2.31 bits per heavy atom. The van der Waals surface area contributed by atoms with Crippen LogP contribution in [0.4, 0.5) is 0 Å². The maximum Gasteiger partial charge on any atom is 0.0779 e. The third-order valence-corrected chi connectivity index (χ3v) is 3.65. The van der Waals surface area contributed by atoms with Crippen molar-refractivity contribution in [2.75, 3.05) is 18.1 Å². The molecule has 1 aliphatic carbocycles. The Morgan fingerprint density at radius 1 is 1.62 bits per heavy atom. The minimum Gasteiger partial charge on any atom is -0.391 e. The summed E-state index contributed by atoms with van der Waals surface area (Å²) in [5.41, 5.74) is 0. The van der Waals surface area contributed by atoms with Crippen LogP contribution in [0.15, 0.2) is 0 Å². The number of nitrogens with one attached hydrogen (secondary N) is 1. The second kappa shape index (κ2) is 5.73. The molecular formula is C9H19NO2S. The van der Waals surface area contributed by atoms with E-state index in [1.54, 1.807) is 0 Å². The first-order valence-corrected chi connectivity index (χ1v) is 6.47. The van der Waals surface area contributed by atoms with Crippen molar-refractivity contribution in [3.8, 4) is 0 Å². The van der Waals surface area contributed by atoms with Gasteiger partial charge in [0.2, 0.25) is 0 Å². The van der Waals surface area contributed by atoms with Gasteiger partial charge in [-0.1, -0.05) is 6.92 Å². The lowest BCUT2D eigenvalue weighted by Crippen LogP contribution is -2.32.